The van der Waals surface area contributed by atoms with Crippen LogP contribution in [0.3, 0.4) is 0 Å². The molecule has 2 bridgehead atoms. The first-order chi connectivity index (χ1) is 10.6. The summed E-state index contributed by atoms with van der Waals surface area (Å²) in [6.45, 7) is 0. The van der Waals surface area contributed by atoms with Gasteiger partial charge in [0.15, 0.2) is 3.77 Å². The van der Waals surface area contributed by atoms with E-state index in [0.29, 0.717) is 5.76 Å². The molecule has 0 N–H and O–H groups in total. The van der Waals surface area contributed by atoms with Crippen molar-refractivity contribution in [1.82, 2.24) is 5.01 Å². The van der Waals surface area contributed by atoms with Crippen LogP contribution in [0, 0.1) is 32.9 Å². The summed E-state index contributed by atoms with van der Waals surface area (Å²) >= 11 is 2.06. The fourth-order valence-electron chi connectivity index (χ4n) is 4.69. The van der Waals surface area contributed by atoms with Crippen LogP contribution in [0.5, 0.6) is 0 Å². The summed E-state index contributed by atoms with van der Waals surface area (Å²) < 4.78 is 6.12. The van der Waals surface area contributed by atoms with Gasteiger partial charge in [-0.3, -0.25) is 9.59 Å². The molecule has 5 nitrogen and oxygen atoms in total. The molecular weight excluding hydrogens is 395 g/mol. The minimum Gasteiger partial charge on any atom is -0.449 e. The summed E-state index contributed by atoms with van der Waals surface area (Å²) in [5, 5.41) is 5.16. The zero-order valence-corrected chi connectivity index (χ0v) is 13.8. The number of imide groups is 1. The van der Waals surface area contributed by atoms with Gasteiger partial charge < -0.3 is 4.42 Å². The Labute approximate surface area is 140 Å². The topological polar surface area (TPSA) is 62.9 Å². The molecule has 3 aliphatic carbocycles. The van der Waals surface area contributed by atoms with E-state index in [0.717, 1.165) is 21.6 Å². The van der Waals surface area contributed by atoms with E-state index >= 15 is 0 Å². The Balaban J connectivity index is 1.45. The fourth-order valence-corrected chi connectivity index (χ4v) is 5.12. The number of nitrogens with zero attached hydrogens (tertiary/aromatic N) is 2. The molecule has 1 saturated heterocycles. The van der Waals surface area contributed by atoms with Crippen molar-refractivity contribution in [1.29, 1.82) is 0 Å². The van der Waals surface area contributed by atoms with Gasteiger partial charge in [-0.05, 0) is 64.8 Å². The maximum absolute atomic E-state index is 12.7. The molecule has 112 valence electrons. The minimum atomic E-state index is -0.195. The highest BCUT2D eigenvalue weighted by molar-refractivity contribution is 14.1. The van der Waals surface area contributed by atoms with Gasteiger partial charge in [0.05, 0.1) is 18.1 Å². The van der Waals surface area contributed by atoms with Gasteiger partial charge in [-0.2, -0.15) is 10.1 Å². The van der Waals surface area contributed by atoms with Crippen LogP contribution in [0.2, 0.25) is 0 Å². The molecule has 4 atom stereocenters. The monoisotopic (exact) mass is 408 g/mol. The van der Waals surface area contributed by atoms with Crippen LogP contribution < -0.4 is 0 Å². The second-order valence-electron chi connectivity index (χ2n) is 6.60. The third kappa shape index (κ3) is 1.46. The van der Waals surface area contributed by atoms with Gasteiger partial charge in [0.25, 0.3) is 11.8 Å². The second kappa shape index (κ2) is 4.10. The quantitative estimate of drug-likeness (QED) is 0.327. The number of fused-ring (bicyclic) bond motifs is 3. The first-order valence-electron chi connectivity index (χ1n) is 7.47. The number of carbonyl (C=O) groups excluding carboxylic acids is 2. The lowest BCUT2D eigenvalue weighted by Gasteiger charge is -2.18. The van der Waals surface area contributed by atoms with E-state index in [4.69, 9.17) is 4.42 Å². The van der Waals surface area contributed by atoms with E-state index in [9.17, 15) is 9.59 Å². The number of amides is 2. The lowest BCUT2D eigenvalue weighted by Crippen LogP contribution is -2.30. The largest absolute Gasteiger partial charge is 0.449 e. The Hall–Kier alpha value is -1.44. The summed E-state index contributed by atoms with van der Waals surface area (Å²) in [5.41, 5.74) is 0.230. The van der Waals surface area contributed by atoms with E-state index < -0.39 is 0 Å². The number of hydrogen-bond donors (Lipinski definition) is 0. The van der Waals surface area contributed by atoms with Crippen molar-refractivity contribution in [2.24, 2.45) is 34.2 Å². The summed E-state index contributed by atoms with van der Waals surface area (Å²) in [6.07, 6.45) is 8.06. The lowest BCUT2D eigenvalue weighted by molar-refractivity contribution is -0.141. The summed E-state index contributed by atoms with van der Waals surface area (Å²) in [6, 6.07) is 3.58. The molecule has 1 spiro atoms. The van der Waals surface area contributed by atoms with Gasteiger partial charge in [0.2, 0.25) is 0 Å². The van der Waals surface area contributed by atoms with Crippen molar-refractivity contribution in [2.75, 3.05) is 0 Å². The molecule has 1 aliphatic heterocycles. The highest BCUT2D eigenvalue weighted by Gasteiger charge is 2.73. The number of hydrazone groups is 1. The normalized spacial score (nSPS) is 37.0. The number of furan rings is 1. The van der Waals surface area contributed by atoms with E-state index in [2.05, 4.69) is 39.8 Å². The van der Waals surface area contributed by atoms with Crippen molar-refractivity contribution >= 4 is 40.6 Å². The number of hydrogen-bond acceptors (Lipinski definition) is 4. The number of carbonyl (C=O) groups is 2. The molecule has 1 aromatic heterocycles. The van der Waals surface area contributed by atoms with Crippen LogP contribution in [0.4, 0.5) is 0 Å². The molecule has 6 heteroatoms. The van der Waals surface area contributed by atoms with Crippen LogP contribution in [0.15, 0.2) is 33.8 Å². The van der Waals surface area contributed by atoms with Crippen LogP contribution in [-0.2, 0) is 9.59 Å². The molecular formula is C16H13IN2O3. The number of halogens is 1. The first kappa shape index (κ1) is 13.0. The van der Waals surface area contributed by atoms with Crippen LogP contribution >= 0.6 is 22.6 Å². The summed E-state index contributed by atoms with van der Waals surface area (Å²) in [4.78, 5) is 25.3. The molecule has 22 heavy (non-hydrogen) atoms. The maximum Gasteiger partial charge on any atom is 0.254 e. The van der Waals surface area contributed by atoms with Gasteiger partial charge in [-0.1, -0.05) is 12.2 Å². The average Bonchev–Trinajstić information content (AvgIpc) is 2.87. The lowest BCUT2D eigenvalue weighted by atomic mass is 9.85. The molecule has 4 aliphatic rings. The smallest absolute Gasteiger partial charge is 0.254 e. The molecule has 0 aromatic carbocycles. The highest BCUT2D eigenvalue weighted by Crippen LogP contribution is 2.73. The standard InChI is InChI=1S/C16H13IN2O3/c17-11-4-1-8(22-11)7-18-19-14(20)12-9-2-3-10(13(12)15(19)21)16(9)5-6-16/h1-4,7,9-10,12-13H,5-6H2/b18-7-/t9-,10-,12+,13+/m1/s1. The van der Waals surface area contributed by atoms with E-state index in [1.807, 2.05) is 6.07 Å². The molecule has 3 fully saturated rings. The van der Waals surface area contributed by atoms with Crippen LogP contribution in [-0.4, -0.2) is 23.0 Å². The van der Waals surface area contributed by atoms with Gasteiger partial charge in [-0.15, -0.1) is 0 Å². The van der Waals surface area contributed by atoms with E-state index in [1.54, 1.807) is 6.07 Å². The molecule has 1 aromatic rings. The Bertz CT molecular complexity index is 727. The first-order valence-corrected chi connectivity index (χ1v) is 8.55. The molecule has 0 unspecified atom stereocenters. The van der Waals surface area contributed by atoms with Gasteiger partial charge in [0.1, 0.15) is 5.76 Å². The van der Waals surface area contributed by atoms with Gasteiger partial charge >= 0.3 is 0 Å². The molecule has 5 rings (SSSR count). The second-order valence-corrected chi connectivity index (χ2v) is 7.66. The van der Waals surface area contributed by atoms with Gasteiger partial charge in [0, 0.05) is 0 Å². The SMILES string of the molecule is O=C1[C@@H]2[C@@H](C(=O)N1/N=C\c1ccc(I)o1)[C@H]1C=C[C@H]2C12CC2. The number of allylic oxidation sites excluding steroid dienone is 2. The van der Waals surface area contributed by atoms with Crippen molar-refractivity contribution in [3.8, 4) is 0 Å². The van der Waals surface area contributed by atoms with Crippen molar-refractivity contribution in [3.63, 3.8) is 0 Å². The average molecular weight is 408 g/mol. The highest BCUT2D eigenvalue weighted by atomic mass is 127. The zero-order chi connectivity index (χ0) is 15.1. The third-order valence-corrected chi connectivity index (χ3v) is 6.30. The Kier molecular flexibility index (Phi) is 2.43. The van der Waals surface area contributed by atoms with E-state index in [-0.39, 0.29) is 40.9 Å². The molecule has 2 saturated carbocycles. The predicted molar refractivity (Wildman–Crippen MR) is 85.6 cm³/mol. The van der Waals surface area contributed by atoms with Crippen LogP contribution in [0.1, 0.15) is 18.6 Å². The Morgan fingerprint density at radius 2 is 1.82 bits per heavy atom. The minimum absolute atomic E-state index is 0.143. The Morgan fingerprint density at radius 3 is 2.32 bits per heavy atom. The summed E-state index contributed by atoms with van der Waals surface area (Å²) in [5.74, 6) is 0.346. The number of rotatable bonds is 2. The molecule has 0 radical (unpaired) electrons. The van der Waals surface area contributed by atoms with Crippen molar-refractivity contribution < 1.29 is 14.0 Å². The third-order valence-electron chi connectivity index (χ3n) is 5.72. The Morgan fingerprint density at radius 1 is 1.18 bits per heavy atom. The maximum atomic E-state index is 12.7. The predicted octanol–water partition coefficient (Wildman–Crippen LogP) is 2.42. The van der Waals surface area contributed by atoms with Crippen molar-refractivity contribution in [3.05, 3.63) is 33.8 Å². The van der Waals surface area contributed by atoms with Crippen molar-refractivity contribution in [2.45, 2.75) is 12.8 Å². The van der Waals surface area contributed by atoms with Gasteiger partial charge in [-0.25, -0.2) is 0 Å². The van der Waals surface area contributed by atoms with Crippen LogP contribution in [0.25, 0.3) is 0 Å². The molecule has 2 heterocycles. The fraction of sp³-hybridized carbons (Fsp3) is 0.438. The van der Waals surface area contributed by atoms with E-state index in [1.165, 1.54) is 6.21 Å². The summed E-state index contributed by atoms with van der Waals surface area (Å²) in [7, 11) is 0. The molecule has 2 amide bonds. The zero-order valence-electron chi connectivity index (χ0n) is 11.6.